The van der Waals surface area contributed by atoms with Crippen molar-refractivity contribution in [1.29, 1.82) is 0 Å². The summed E-state index contributed by atoms with van der Waals surface area (Å²) in [6.07, 6.45) is 1.17. The van der Waals surface area contributed by atoms with Gasteiger partial charge in [-0.05, 0) is 41.7 Å². The Balaban J connectivity index is 1.82. The van der Waals surface area contributed by atoms with Crippen LogP contribution in [-0.2, 0) is 17.8 Å². The molecule has 0 aromatic heterocycles. The summed E-state index contributed by atoms with van der Waals surface area (Å²) >= 11 is 0. The lowest BCUT2D eigenvalue weighted by molar-refractivity contribution is -0.119. The van der Waals surface area contributed by atoms with E-state index in [9.17, 15) is 9.59 Å². The molecule has 2 aromatic rings. The quantitative estimate of drug-likeness (QED) is 0.908. The third-order valence-electron chi connectivity index (χ3n) is 4.40. The van der Waals surface area contributed by atoms with Crippen LogP contribution in [0.25, 0.3) is 0 Å². The number of rotatable bonds is 5. The third kappa shape index (κ3) is 4.08. The molecule has 1 heterocycles. The van der Waals surface area contributed by atoms with Gasteiger partial charge in [0.2, 0.25) is 5.91 Å². The van der Waals surface area contributed by atoms with Gasteiger partial charge in [-0.3, -0.25) is 9.59 Å². The molecular weight excluding hydrogens is 312 g/mol. The van der Waals surface area contributed by atoms with E-state index >= 15 is 0 Å². The second-order valence-electron chi connectivity index (χ2n) is 6.91. The van der Waals surface area contributed by atoms with Gasteiger partial charge in [0.1, 0.15) is 0 Å². The zero-order valence-corrected chi connectivity index (χ0v) is 14.8. The fourth-order valence-electron chi connectivity index (χ4n) is 3.04. The fraction of sp³-hybridized carbons (Fsp3) is 0.333. The molecule has 0 spiro atoms. The normalized spacial score (nSPS) is 13.7. The van der Waals surface area contributed by atoms with Crippen LogP contribution in [0.2, 0.25) is 0 Å². The van der Waals surface area contributed by atoms with Crippen molar-refractivity contribution in [2.45, 2.75) is 33.2 Å². The topological polar surface area (TPSA) is 49.4 Å². The number of hydrogen-bond donors (Lipinski definition) is 1. The predicted molar refractivity (Wildman–Crippen MR) is 99.6 cm³/mol. The van der Waals surface area contributed by atoms with Gasteiger partial charge in [-0.2, -0.15) is 0 Å². The minimum atomic E-state index is -0.0528. The van der Waals surface area contributed by atoms with Crippen molar-refractivity contribution >= 4 is 17.5 Å². The van der Waals surface area contributed by atoms with Gasteiger partial charge in [-0.1, -0.05) is 44.2 Å². The first-order valence-corrected chi connectivity index (χ1v) is 8.80. The minimum Gasteiger partial charge on any atom is -0.352 e. The van der Waals surface area contributed by atoms with E-state index in [-0.39, 0.29) is 11.8 Å². The van der Waals surface area contributed by atoms with Crippen LogP contribution >= 0.6 is 0 Å². The standard InChI is InChI=1S/C21H24N2O2/c1-15(2)13-22-21(25)18-8-10-19-17(12-18)9-11-20(24)23(19)14-16-6-4-3-5-7-16/h3-8,10,12,15H,9,11,13-14H2,1-2H3,(H,22,25). The molecule has 0 saturated heterocycles. The Morgan fingerprint density at radius 3 is 2.60 bits per heavy atom. The molecule has 2 amide bonds. The number of carbonyl (C=O) groups excluding carboxylic acids is 2. The summed E-state index contributed by atoms with van der Waals surface area (Å²) in [6.45, 7) is 5.36. The number of nitrogens with zero attached hydrogens (tertiary/aromatic N) is 1. The van der Waals surface area contributed by atoms with Crippen LogP contribution in [0, 0.1) is 5.92 Å². The lowest BCUT2D eigenvalue weighted by Crippen LogP contribution is -2.35. The summed E-state index contributed by atoms with van der Waals surface area (Å²) in [5, 5.41) is 2.95. The predicted octanol–water partition coefficient (Wildman–Crippen LogP) is 3.55. The largest absolute Gasteiger partial charge is 0.352 e. The van der Waals surface area contributed by atoms with Crippen LogP contribution in [0.5, 0.6) is 0 Å². The zero-order valence-electron chi connectivity index (χ0n) is 14.8. The van der Waals surface area contributed by atoms with E-state index in [0.717, 1.165) is 16.8 Å². The second-order valence-corrected chi connectivity index (χ2v) is 6.91. The Hall–Kier alpha value is -2.62. The van der Waals surface area contributed by atoms with E-state index in [1.807, 2.05) is 53.4 Å². The van der Waals surface area contributed by atoms with E-state index in [1.165, 1.54) is 0 Å². The summed E-state index contributed by atoms with van der Waals surface area (Å²) in [5.74, 6) is 0.497. The molecule has 25 heavy (non-hydrogen) atoms. The molecule has 0 atom stereocenters. The fourth-order valence-corrected chi connectivity index (χ4v) is 3.04. The van der Waals surface area contributed by atoms with Crippen LogP contribution in [0.15, 0.2) is 48.5 Å². The van der Waals surface area contributed by atoms with Crippen molar-refractivity contribution in [3.63, 3.8) is 0 Å². The first-order valence-electron chi connectivity index (χ1n) is 8.80. The van der Waals surface area contributed by atoms with Gasteiger partial charge >= 0.3 is 0 Å². The SMILES string of the molecule is CC(C)CNC(=O)c1ccc2c(c1)CCC(=O)N2Cc1ccccc1. The van der Waals surface area contributed by atoms with E-state index in [4.69, 9.17) is 0 Å². The van der Waals surface area contributed by atoms with Gasteiger partial charge in [0.05, 0.1) is 6.54 Å². The maximum absolute atomic E-state index is 12.4. The van der Waals surface area contributed by atoms with Gasteiger partial charge in [0, 0.05) is 24.2 Å². The number of amides is 2. The molecule has 3 rings (SSSR count). The first-order chi connectivity index (χ1) is 12.0. The van der Waals surface area contributed by atoms with Crippen LogP contribution in [0.1, 0.15) is 41.8 Å². The van der Waals surface area contributed by atoms with Crippen LogP contribution < -0.4 is 10.2 Å². The highest BCUT2D eigenvalue weighted by atomic mass is 16.2. The van der Waals surface area contributed by atoms with Crippen molar-refractivity contribution in [2.24, 2.45) is 5.92 Å². The van der Waals surface area contributed by atoms with E-state index in [2.05, 4.69) is 19.2 Å². The lowest BCUT2D eigenvalue weighted by Gasteiger charge is -2.30. The Labute approximate surface area is 148 Å². The Morgan fingerprint density at radius 2 is 1.88 bits per heavy atom. The van der Waals surface area contributed by atoms with Crippen molar-refractivity contribution in [3.05, 3.63) is 65.2 Å². The van der Waals surface area contributed by atoms with Crippen molar-refractivity contribution < 1.29 is 9.59 Å². The molecule has 4 heteroatoms. The molecule has 130 valence electrons. The molecule has 0 bridgehead atoms. The molecule has 1 aliphatic rings. The zero-order chi connectivity index (χ0) is 17.8. The van der Waals surface area contributed by atoms with Gasteiger partial charge in [-0.15, -0.1) is 0 Å². The molecule has 0 aliphatic carbocycles. The summed E-state index contributed by atoms with van der Waals surface area (Å²) < 4.78 is 0. The van der Waals surface area contributed by atoms with Gasteiger partial charge in [0.25, 0.3) is 5.91 Å². The number of nitrogens with one attached hydrogen (secondary N) is 1. The number of carbonyl (C=O) groups is 2. The smallest absolute Gasteiger partial charge is 0.251 e. The Morgan fingerprint density at radius 1 is 1.12 bits per heavy atom. The molecule has 0 saturated carbocycles. The molecule has 4 nitrogen and oxygen atoms in total. The van der Waals surface area contributed by atoms with E-state index in [0.29, 0.717) is 37.4 Å². The maximum atomic E-state index is 12.4. The average molecular weight is 336 g/mol. The first kappa shape index (κ1) is 17.2. The number of benzene rings is 2. The van der Waals surface area contributed by atoms with Gasteiger partial charge < -0.3 is 10.2 Å². The van der Waals surface area contributed by atoms with Crippen molar-refractivity contribution in [2.75, 3.05) is 11.4 Å². The van der Waals surface area contributed by atoms with E-state index in [1.54, 1.807) is 0 Å². The van der Waals surface area contributed by atoms with E-state index < -0.39 is 0 Å². The summed E-state index contributed by atoms with van der Waals surface area (Å²) in [6, 6.07) is 15.6. The van der Waals surface area contributed by atoms with Crippen molar-refractivity contribution in [1.82, 2.24) is 5.32 Å². The van der Waals surface area contributed by atoms with Gasteiger partial charge in [-0.25, -0.2) is 0 Å². The number of anilines is 1. The molecule has 1 aliphatic heterocycles. The molecule has 0 unspecified atom stereocenters. The minimum absolute atomic E-state index is 0.0528. The average Bonchev–Trinajstić information content (AvgIpc) is 2.62. The number of aryl methyl sites for hydroxylation is 1. The Bertz CT molecular complexity index is 769. The van der Waals surface area contributed by atoms with Crippen molar-refractivity contribution in [3.8, 4) is 0 Å². The highest BCUT2D eigenvalue weighted by molar-refractivity contribution is 5.99. The van der Waals surface area contributed by atoms with Crippen LogP contribution in [0.3, 0.4) is 0 Å². The molecule has 0 fully saturated rings. The molecule has 1 N–H and O–H groups in total. The van der Waals surface area contributed by atoms with Gasteiger partial charge in [0.15, 0.2) is 0 Å². The number of hydrogen-bond acceptors (Lipinski definition) is 2. The summed E-state index contributed by atoms with van der Waals surface area (Å²) in [4.78, 5) is 26.5. The number of fused-ring (bicyclic) bond motifs is 1. The molecule has 2 aromatic carbocycles. The highest BCUT2D eigenvalue weighted by Crippen LogP contribution is 2.30. The van der Waals surface area contributed by atoms with Crippen LogP contribution in [0.4, 0.5) is 5.69 Å². The monoisotopic (exact) mass is 336 g/mol. The lowest BCUT2D eigenvalue weighted by atomic mass is 9.97. The Kier molecular flexibility index (Phi) is 5.17. The van der Waals surface area contributed by atoms with Crippen LogP contribution in [-0.4, -0.2) is 18.4 Å². The highest BCUT2D eigenvalue weighted by Gasteiger charge is 2.25. The summed E-state index contributed by atoms with van der Waals surface area (Å²) in [7, 11) is 0. The summed E-state index contributed by atoms with van der Waals surface area (Å²) in [5.41, 5.74) is 3.74. The third-order valence-corrected chi connectivity index (χ3v) is 4.40. The molecule has 0 radical (unpaired) electrons. The second kappa shape index (κ2) is 7.51. The maximum Gasteiger partial charge on any atom is 0.251 e. The molecular formula is C21H24N2O2.